The van der Waals surface area contributed by atoms with Gasteiger partial charge in [0.05, 0.1) is 0 Å². The third-order valence-electron chi connectivity index (χ3n) is 2.26. The van der Waals surface area contributed by atoms with Crippen LogP contribution in [0, 0.1) is 6.92 Å². The van der Waals surface area contributed by atoms with E-state index in [9.17, 15) is 5.11 Å². The number of aliphatic hydroxyl groups excluding tert-OH is 1. The summed E-state index contributed by atoms with van der Waals surface area (Å²) in [7, 11) is 0. The van der Waals surface area contributed by atoms with E-state index in [0.29, 0.717) is 0 Å². The van der Waals surface area contributed by atoms with Crippen molar-refractivity contribution in [3.63, 3.8) is 0 Å². The van der Waals surface area contributed by atoms with Crippen LogP contribution in [0.5, 0.6) is 0 Å². The van der Waals surface area contributed by atoms with Gasteiger partial charge in [0.15, 0.2) is 0 Å². The van der Waals surface area contributed by atoms with Gasteiger partial charge in [0.2, 0.25) is 0 Å². The second-order valence-electron chi connectivity index (χ2n) is 3.44. The van der Waals surface area contributed by atoms with Gasteiger partial charge in [0.1, 0.15) is 6.10 Å². The Bertz CT molecular complexity index is 451. The fourth-order valence-corrected chi connectivity index (χ4v) is 2.66. The van der Waals surface area contributed by atoms with Gasteiger partial charge in [0, 0.05) is 14.9 Å². The molecular formula is C12H11BrOS. The molecule has 0 saturated carbocycles. The maximum atomic E-state index is 10.2. The van der Waals surface area contributed by atoms with Gasteiger partial charge in [-0.15, -0.1) is 11.3 Å². The van der Waals surface area contributed by atoms with Gasteiger partial charge in [-0.25, -0.2) is 0 Å². The molecule has 78 valence electrons. The minimum Gasteiger partial charge on any atom is -0.383 e. The van der Waals surface area contributed by atoms with Crippen LogP contribution in [0.25, 0.3) is 0 Å². The fraction of sp³-hybridized carbons (Fsp3) is 0.167. The average molecular weight is 283 g/mol. The first kappa shape index (κ1) is 10.9. The normalized spacial score (nSPS) is 12.7. The molecule has 1 unspecified atom stereocenters. The molecule has 1 aromatic heterocycles. The maximum absolute atomic E-state index is 10.2. The molecule has 0 radical (unpaired) electrons. The van der Waals surface area contributed by atoms with Gasteiger partial charge in [0.25, 0.3) is 0 Å². The van der Waals surface area contributed by atoms with Crippen LogP contribution in [-0.4, -0.2) is 5.11 Å². The second kappa shape index (κ2) is 4.47. The van der Waals surface area contributed by atoms with Crippen LogP contribution in [-0.2, 0) is 0 Å². The maximum Gasteiger partial charge on any atom is 0.114 e. The number of aryl methyl sites for hydroxylation is 1. The molecule has 0 aliphatic carbocycles. The summed E-state index contributed by atoms with van der Waals surface area (Å²) in [4.78, 5) is 0.973. The van der Waals surface area contributed by atoms with E-state index in [-0.39, 0.29) is 0 Å². The Morgan fingerprint density at radius 1 is 1.33 bits per heavy atom. The molecule has 0 bridgehead atoms. The van der Waals surface area contributed by atoms with Crippen molar-refractivity contribution in [2.24, 2.45) is 0 Å². The smallest absolute Gasteiger partial charge is 0.114 e. The van der Waals surface area contributed by atoms with Crippen LogP contribution in [0.2, 0.25) is 0 Å². The zero-order valence-corrected chi connectivity index (χ0v) is 10.7. The minimum atomic E-state index is -0.528. The highest BCUT2D eigenvalue weighted by Gasteiger charge is 2.14. The van der Waals surface area contributed by atoms with E-state index in [0.717, 1.165) is 20.5 Å². The molecule has 0 amide bonds. The fourth-order valence-electron chi connectivity index (χ4n) is 1.47. The molecule has 2 aromatic rings. The Kier molecular flexibility index (Phi) is 3.24. The first-order valence-electron chi connectivity index (χ1n) is 4.66. The highest BCUT2D eigenvalue weighted by atomic mass is 79.9. The molecule has 0 aliphatic rings. The molecule has 0 aliphatic heterocycles. The summed E-state index contributed by atoms with van der Waals surface area (Å²) in [6.45, 7) is 2.02. The predicted molar refractivity (Wildman–Crippen MR) is 67.3 cm³/mol. The summed E-state index contributed by atoms with van der Waals surface area (Å²) < 4.78 is 0.953. The molecule has 1 aromatic carbocycles. The largest absolute Gasteiger partial charge is 0.383 e. The highest BCUT2D eigenvalue weighted by Crippen LogP contribution is 2.31. The van der Waals surface area contributed by atoms with Crippen molar-refractivity contribution in [3.05, 3.63) is 56.2 Å². The first-order valence-corrected chi connectivity index (χ1v) is 6.33. The summed E-state index contributed by atoms with van der Waals surface area (Å²) in [5.41, 5.74) is 2.08. The molecular weight excluding hydrogens is 272 g/mol. The zero-order chi connectivity index (χ0) is 10.8. The number of thiophene rings is 1. The van der Waals surface area contributed by atoms with Crippen molar-refractivity contribution in [1.29, 1.82) is 0 Å². The van der Waals surface area contributed by atoms with Gasteiger partial charge in [-0.1, -0.05) is 39.7 Å². The molecule has 0 saturated heterocycles. The van der Waals surface area contributed by atoms with E-state index in [1.165, 1.54) is 0 Å². The summed E-state index contributed by atoms with van der Waals surface area (Å²) in [5, 5.41) is 12.1. The van der Waals surface area contributed by atoms with E-state index in [2.05, 4.69) is 15.9 Å². The number of hydrogen-bond donors (Lipinski definition) is 1. The number of hydrogen-bond acceptors (Lipinski definition) is 2. The Morgan fingerprint density at radius 2 is 2.13 bits per heavy atom. The lowest BCUT2D eigenvalue weighted by molar-refractivity contribution is 0.223. The summed E-state index contributed by atoms with van der Waals surface area (Å²) >= 11 is 5.03. The minimum absolute atomic E-state index is 0.528. The molecule has 1 nitrogen and oxygen atoms in total. The summed E-state index contributed by atoms with van der Waals surface area (Å²) in [6.07, 6.45) is -0.528. The van der Waals surface area contributed by atoms with Crippen molar-refractivity contribution >= 4 is 27.3 Å². The lowest BCUT2D eigenvalue weighted by Crippen LogP contribution is -1.98. The molecule has 3 heteroatoms. The molecule has 2 rings (SSSR count). The Morgan fingerprint density at radius 3 is 2.80 bits per heavy atom. The van der Waals surface area contributed by atoms with Gasteiger partial charge >= 0.3 is 0 Å². The standard InChI is InChI=1S/C12H11BrOS/c1-8-4-5-10(13)9(7-8)12(14)11-3-2-6-15-11/h2-7,12,14H,1H3. The van der Waals surface area contributed by atoms with E-state index in [1.807, 2.05) is 42.6 Å². The summed E-state index contributed by atoms with van der Waals surface area (Å²) in [6, 6.07) is 9.90. The van der Waals surface area contributed by atoms with Crippen LogP contribution in [0.4, 0.5) is 0 Å². The first-order chi connectivity index (χ1) is 7.18. The number of aliphatic hydroxyl groups is 1. The molecule has 0 spiro atoms. The quantitative estimate of drug-likeness (QED) is 0.886. The van der Waals surface area contributed by atoms with Crippen molar-refractivity contribution < 1.29 is 5.11 Å². The topological polar surface area (TPSA) is 20.2 Å². The highest BCUT2D eigenvalue weighted by molar-refractivity contribution is 9.10. The van der Waals surface area contributed by atoms with Crippen molar-refractivity contribution in [2.75, 3.05) is 0 Å². The Hall–Kier alpha value is -0.640. The summed E-state index contributed by atoms with van der Waals surface area (Å²) in [5.74, 6) is 0. The molecule has 1 heterocycles. The van der Waals surface area contributed by atoms with Gasteiger partial charge in [-0.05, 0) is 24.4 Å². The van der Waals surface area contributed by atoms with Crippen LogP contribution in [0.3, 0.4) is 0 Å². The Balaban J connectivity index is 2.41. The average Bonchev–Trinajstić information content (AvgIpc) is 2.74. The number of benzene rings is 1. The molecule has 1 atom stereocenters. The lowest BCUT2D eigenvalue weighted by Gasteiger charge is -2.11. The van der Waals surface area contributed by atoms with Crippen molar-refractivity contribution in [2.45, 2.75) is 13.0 Å². The SMILES string of the molecule is Cc1ccc(Br)c(C(O)c2cccs2)c1. The van der Waals surface area contributed by atoms with E-state index >= 15 is 0 Å². The zero-order valence-electron chi connectivity index (χ0n) is 8.27. The predicted octanol–water partition coefficient (Wildman–Crippen LogP) is 3.90. The van der Waals surface area contributed by atoms with Crippen molar-refractivity contribution in [1.82, 2.24) is 0 Å². The lowest BCUT2D eigenvalue weighted by atomic mass is 10.1. The van der Waals surface area contributed by atoms with E-state index in [1.54, 1.807) is 11.3 Å². The van der Waals surface area contributed by atoms with Gasteiger partial charge in [-0.3, -0.25) is 0 Å². The monoisotopic (exact) mass is 282 g/mol. The van der Waals surface area contributed by atoms with E-state index in [4.69, 9.17) is 0 Å². The van der Waals surface area contributed by atoms with Crippen LogP contribution in [0.15, 0.2) is 40.2 Å². The number of rotatable bonds is 2. The number of halogens is 1. The van der Waals surface area contributed by atoms with E-state index < -0.39 is 6.10 Å². The van der Waals surface area contributed by atoms with Crippen LogP contribution >= 0.6 is 27.3 Å². The van der Waals surface area contributed by atoms with Crippen LogP contribution in [0.1, 0.15) is 22.1 Å². The second-order valence-corrected chi connectivity index (χ2v) is 5.28. The molecule has 0 fully saturated rings. The third-order valence-corrected chi connectivity index (χ3v) is 3.91. The van der Waals surface area contributed by atoms with Gasteiger partial charge in [-0.2, -0.15) is 0 Å². The molecule has 15 heavy (non-hydrogen) atoms. The van der Waals surface area contributed by atoms with Gasteiger partial charge < -0.3 is 5.11 Å². The Labute approximate surface area is 102 Å². The van der Waals surface area contributed by atoms with Crippen LogP contribution < -0.4 is 0 Å². The molecule has 1 N–H and O–H groups in total. The van der Waals surface area contributed by atoms with Crippen molar-refractivity contribution in [3.8, 4) is 0 Å². The third kappa shape index (κ3) is 2.30.